The van der Waals surface area contributed by atoms with E-state index in [1.54, 1.807) is 28.8 Å². The molecule has 0 saturated carbocycles. The number of nitrogens with zero attached hydrogens (tertiary/aromatic N) is 2. The maximum Gasteiger partial charge on any atom is 0.310 e. The minimum Gasteiger partial charge on any atom is -0.465 e. The van der Waals surface area contributed by atoms with Crippen LogP contribution in [0.5, 0.6) is 0 Å². The summed E-state index contributed by atoms with van der Waals surface area (Å²) in [4.78, 5) is 43.4. The van der Waals surface area contributed by atoms with E-state index in [2.05, 4.69) is 20.1 Å². The maximum absolute atomic E-state index is 13.7. The number of likely N-dealkylation sites (tertiary alicyclic amines) is 1. The Morgan fingerprint density at radius 2 is 2.16 bits per heavy atom. The lowest BCUT2D eigenvalue weighted by molar-refractivity contribution is -0.154. The SMILES string of the molecule is C=CCCOC(=O)[C@@H]1[C@@H]2CCC3(S2)C(C(=O)N(CC=C)CCCC)N(CCO)C(=O)[C@H]13. The number of aliphatic hydroxyl groups is 1. The van der Waals surface area contributed by atoms with E-state index in [4.69, 9.17) is 4.74 Å². The Morgan fingerprint density at radius 1 is 1.39 bits per heavy atom. The summed E-state index contributed by atoms with van der Waals surface area (Å²) in [5, 5.41) is 9.62. The molecule has 3 heterocycles. The monoisotopic (exact) mass is 450 g/mol. The quantitative estimate of drug-likeness (QED) is 0.278. The van der Waals surface area contributed by atoms with Crippen molar-refractivity contribution < 1.29 is 24.2 Å². The summed E-state index contributed by atoms with van der Waals surface area (Å²) in [6.45, 7) is 10.6. The van der Waals surface area contributed by atoms with Gasteiger partial charge in [0.15, 0.2) is 0 Å². The molecule has 31 heavy (non-hydrogen) atoms. The largest absolute Gasteiger partial charge is 0.465 e. The second-order valence-electron chi connectivity index (χ2n) is 8.48. The van der Waals surface area contributed by atoms with Gasteiger partial charge in [-0.2, -0.15) is 0 Å². The van der Waals surface area contributed by atoms with Gasteiger partial charge in [-0.25, -0.2) is 0 Å². The zero-order chi connectivity index (χ0) is 22.6. The van der Waals surface area contributed by atoms with Crippen molar-refractivity contribution in [1.82, 2.24) is 9.80 Å². The van der Waals surface area contributed by atoms with Gasteiger partial charge in [0, 0.05) is 24.9 Å². The van der Waals surface area contributed by atoms with Crippen LogP contribution in [0.1, 0.15) is 39.0 Å². The second kappa shape index (κ2) is 10.2. The van der Waals surface area contributed by atoms with E-state index in [0.717, 1.165) is 19.3 Å². The number of unbranched alkanes of at least 4 members (excludes halogenated alkanes) is 1. The fraction of sp³-hybridized carbons (Fsp3) is 0.696. The van der Waals surface area contributed by atoms with Crippen LogP contribution in [0.2, 0.25) is 0 Å². The van der Waals surface area contributed by atoms with E-state index < -0.39 is 22.6 Å². The molecule has 3 fully saturated rings. The zero-order valence-corrected chi connectivity index (χ0v) is 19.1. The third kappa shape index (κ3) is 4.16. The van der Waals surface area contributed by atoms with Crippen LogP contribution in [0.15, 0.2) is 25.3 Å². The van der Waals surface area contributed by atoms with Crippen molar-refractivity contribution in [2.75, 3.05) is 32.8 Å². The minimum atomic E-state index is -0.671. The van der Waals surface area contributed by atoms with E-state index in [1.165, 1.54) is 4.90 Å². The van der Waals surface area contributed by atoms with Crippen LogP contribution in [0, 0.1) is 11.8 Å². The summed E-state index contributed by atoms with van der Waals surface area (Å²) in [7, 11) is 0. The van der Waals surface area contributed by atoms with Crippen molar-refractivity contribution in [3.63, 3.8) is 0 Å². The Bertz CT molecular complexity index is 729. The van der Waals surface area contributed by atoms with Crippen molar-refractivity contribution in [2.24, 2.45) is 11.8 Å². The van der Waals surface area contributed by atoms with Gasteiger partial charge in [0.1, 0.15) is 6.04 Å². The summed E-state index contributed by atoms with van der Waals surface area (Å²) >= 11 is 1.62. The predicted molar refractivity (Wildman–Crippen MR) is 120 cm³/mol. The third-order valence-electron chi connectivity index (χ3n) is 6.66. The molecule has 0 aromatic rings. The summed E-state index contributed by atoms with van der Waals surface area (Å²) in [5.74, 6) is -1.79. The molecule has 3 aliphatic rings. The average Bonchev–Trinajstić information content (AvgIpc) is 3.39. The van der Waals surface area contributed by atoms with Crippen molar-refractivity contribution in [2.45, 2.75) is 55.1 Å². The van der Waals surface area contributed by atoms with Gasteiger partial charge < -0.3 is 19.6 Å². The topological polar surface area (TPSA) is 87.2 Å². The molecule has 0 aromatic carbocycles. The highest BCUT2D eigenvalue weighted by molar-refractivity contribution is 8.02. The first-order valence-corrected chi connectivity index (χ1v) is 12.1. The van der Waals surface area contributed by atoms with E-state index in [9.17, 15) is 19.5 Å². The first-order valence-electron chi connectivity index (χ1n) is 11.2. The number of hydrogen-bond donors (Lipinski definition) is 1. The highest BCUT2D eigenvalue weighted by Crippen LogP contribution is 2.66. The van der Waals surface area contributed by atoms with Gasteiger partial charge in [-0.1, -0.05) is 25.5 Å². The number of rotatable bonds is 12. The van der Waals surface area contributed by atoms with Crippen LogP contribution in [0.3, 0.4) is 0 Å². The van der Waals surface area contributed by atoms with E-state index in [-0.39, 0.29) is 42.8 Å². The fourth-order valence-electron chi connectivity index (χ4n) is 5.36. The van der Waals surface area contributed by atoms with Crippen molar-refractivity contribution in [3.8, 4) is 0 Å². The van der Waals surface area contributed by atoms with Gasteiger partial charge in [0.25, 0.3) is 0 Å². The van der Waals surface area contributed by atoms with Crippen LogP contribution < -0.4 is 0 Å². The molecule has 0 radical (unpaired) electrons. The number of carbonyl (C=O) groups is 3. The second-order valence-corrected chi connectivity index (χ2v) is 10.1. The molecule has 2 amide bonds. The Labute approximate surface area is 188 Å². The Balaban J connectivity index is 1.92. The number of fused-ring (bicyclic) bond motifs is 1. The number of ether oxygens (including phenoxy) is 1. The van der Waals surface area contributed by atoms with Gasteiger partial charge in [-0.3, -0.25) is 14.4 Å². The molecule has 7 nitrogen and oxygen atoms in total. The van der Waals surface area contributed by atoms with Gasteiger partial charge >= 0.3 is 5.97 Å². The molecular formula is C23H34N2O5S. The maximum atomic E-state index is 13.7. The smallest absolute Gasteiger partial charge is 0.310 e. The van der Waals surface area contributed by atoms with Crippen LogP contribution in [-0.2, 0) is 19.1 Å². The normalized spacial score (nSPS) is 30.9. The summed E-state index contributed by atoms with van der Waals surface area (Å²) in [6, 6.07) is -0.671. The van der Waals surface area contributed by atoms with Crippen LogP contribution in [0.25, 0.3) is 0 Å². The Hall–Kier alpha value is -1.80. The third-order valence-corrected chi connectivity index (χ3v) is 8.61. The highest BCUT2D eigenvalue weighted by Gasteiger charge is 2.74. The lowest BCUT2D eigenvalue weighted by Gasteiger charge is -2.37. The first kappa shape index (κ1) is 23.9. The molecule has 1 N–H and O–H groups in total. The number of aliphatic hydroxyl groups excluding tert-OH is 1. The molecule has 3 saturated heterocycles. The molecule has 8 heteroatoms. The standard InChI is InChI=1S/C23H34N2O5S/c1-4-7-12-24(11-6-3)21(28)19-23-10-9-16(31-23)17(22(29)30-15-8-5-2)18(23)20(27)25(19)13-14-26/h5-6,16-19,26H,2-4,7-15H2,1H3/t16-,17+,18-,19?,23?/m0/s1. The number of carbonyl (C=O) groups excluding carboxylic acids is 3. The number of thioether (sulfide) groups is 1. The van der Waals surface area contributed by atoms with E-state index >= 15 is 0 Å². The van der Waals surface area contributed by atoms with Crippen LogP contribution in [-0.4, -0.2) is 81.6 Å². The van der Waals surface area contributed by atoms with E-state index in [0.29, 0.717) is 25.9 Å². The van der Waals surface area contributed by atoms with Crippen molar-refractivity contribution in [3.05, 3.63) is 25.3 Å². The Kier molecular flexibility index (Phi) is 7.86. The summed E-state index contributed by atoms with van der Waals surface area (Å²) in [5.41, 5.74) is 0. The molecule has 3 aliphatic heterocycles. The minimum absolute atomic E-state index is 0.0137. The molecule has 5 atom stereocenters. The molecule has 172 valence electrons. The zero-order valence-electron chi connectivity index (χ0n) is 18.3. The highest BCUT2D eigenvalue weighted by atomic mass is 32.2. The summed E-state index contributed by atoms with van der Waals surface area (Å²) < 4.78 is 4.81. The number of amides is 2. The molecule has 0 aromatic heterocycles. The first-order chi connectivity index (χ1) is 15.0. The van der Waals surface area contributed by atoms with Gasteiger partial charge in [0.05, 0.1) is 29.8 Å². The Morgan fingerprint density at radius 3 is 2.81 bits per heavy atom. The van der Waals surface area contributed by atoms with Crippen molar-refractivity contribution in [1.29, 1.82) is 0 Å². The number of β-amino-alcohol motifs (C(OH)–C–C–N with tert-alkyl or cyclic N) is 1. The molecule has 3 rings (SSSR count). The van der Waals surface area contributed by atoms with Crippen LogP contribution >= 0.6 is 11.8 Å². The molecular weight excluding hydrogens is 416 g/mol. The van der Waals surface area contributed by atoms with Gasteiger partial charge in [-0.05, 0) is 25.7 Å². The van der Waals surface area contributed by atoms with Gasteiger partial charge in [0.2, 0.25) is 11.8 Å². The van der Waals surface area contributed by atoms with Gasteiger partial charge in [-0.15, -0.1) is 24.9 Å². The fourth-order valence-corrected chi connectivity index (χ4v) is 7.56. The lowest BCUT2D eigenvalue weighted by Crippen LogP contribution is -2.55. The molecule has 2 unspecified atom stereocenters. The van der Waals surface area contributed by atoms with Crippen molar-refractivity contribution >= 4 is 29.5 Å². The van der Waals surface area contributed by atoms with E-state index in [1.807, 2.05) is 0 Å². The molecule has 2 bridgehead atoms. The molecule has 1 spiro atoms. The average molecular weight is 451 g/mol. The number of hydrogen-bond acceptors (Lipinski definition) is 6. The summed E-state index contributed by atoms with van der Waals surface area (Å²) in [6.07, 6.45) is 7.26. The number of esters is 1. The lowest BCUT2D eigenvalue weighted by atomic mass is 9.71. The predicted octanol–water partition coefficient (Wildman–Crippen LogP) is 2.00. The molecule has 0 aliphatic carbocycles. The van der Waals surface area contributed by atoms with Crippen LogP contribution in [0.4, 0.5) is 0 Å².